The van der Waals surface area contributed by atoms with E-state index in [0.717, 1.165) is 5.56 Å². The van der Waals surface area contributed by atoms with Crippen LogP contribution in [0.25, 0.3) is 0 Å². The van der Waals surface area contributed by atoms with Gasteiger partial charge >= 0.3 is 0 Å². The highest BCUT2D eigenvalue weighted by Gasteiger charge is 2.16. The Balaban J connectivity index is 2.84. The van der Waals surface area contributed by atoms with Crippen LogP contribution in [0, 0.1) is 24.2 Å². The summed E-state index contributed by atoms with van der Waals surface area (Å²) in [5.74, 6) is -0.421. The fraction of sp³-hybridized carbons (Fsp3) is 0.400. The van der Waals surface area contributed by atoms with Crippen molar-refractivity contribution in [3.63, 3.8) is 0 Å². The van der Waals surface area contributed by atoms with Crippen molar-refractivity contribution in [1.82, 2.24) is 4.98 Å². The lowest BCUT2D eigenvalue weighted by Crippen LogP contribution is -2.08. The van der Waals surface area contributed by atoms with E-state index in [1.165, 1.54) is 0 Å². The summed E-state index contributed by atoms with van der Waals surface area (Å²) >= 11 is 0. The summed E-state index contributed by atoms with van der Waals surface area (Å²) in [7, 11) is 0. The van der Waals surface area contributed by atoms with E-state index in [9.17, 15) is 5.11 Å². The normalized spacial score (nSPS) is 14.6. The molecule has 0 spiro atoms. The van der Waals surface area contributed by atoms with Crippen LogP contribution in [0.4, 0.5) is 0 Å². The van der Waals surface area contributed by atoms with Crippen molar-refractivity contribution in [3.8, 4) is 6.07 Å². The minimum Gasteiger partial charge on any atom is -0.385 e. The number of hydrogen-bond donors (Lipinski definition) is 1. The number of aromatic nitrogens is 1. The fourth-order valence-corrected chi connectivity index (χ4v) is 0.981. The van der Waals surface area contributed by atoms with E-state index in [1.54, 1.807) is 19.2 Å². The number of aryl methyl sites for hydroxylation is 1. The Kier molecular flexibility index (Phi) is 2.99. The second-order valence-corrected chi connectivity index (χ2v) is 3.12. The lowest BCUT2D eigenvalue weighted by atomic mass is 10.0. The first kappa shape index (κ1) is 9.69. The van der Waals surface area contributed by atoms with Gasteiger partial charge in [0.25, 0.3) is 0 Å². The molecule has 1 N–H and O–H groups in total. The van der Waals surface area contributed by atoms with Crippen LogP contribution in [0.1, 0.15) is 24.3 Å². The van der Waals surface area contributed by atoms with Crippen molar-refractivity contribution in [1.29, 1.82) is 5.26 Å². The number of aliphatic hydroxyl groups excluding tert-OH is 1. The van der Waals surface area contributed by atoms with Crippen LogP contribution in [0.2, 0.25) is 0 Å². The van der Waals surface area contributed by atoms with Crippen molar-refractivity contribution in [2.45, 2.75) is 20.0 Å². The van der Waals surface area contributed by atoms with Gasteiger partial charge in [0, 0.05) is 6.20 Å². The van der Waals surface area contributed by atoms with Crippen LogP contribution < -0.4 is 0 Å². The molecule has 1 aromatic heterocycles. The number of nitrogens with zero attached hydrogens (tertiary/aromatic N) is 2. The van der Waals surface area contributed by atoms with E-state index in [2.05, 4.69) is 4.98 Å². The third-order valence-electron chi connectivity index (χ3n) is 1.91. The maximum absolute atomic E-state index is 9.59. The van der Waals surface area contributed by atoms with Crippen LogP contribution in [0.3, 0.4) is 0 Å². The van der Waals surface area contributed by atoms with Crippen LogP contribution in [0.5, 0.6) is 0 Å². The minimum atomic E-state index is -0.786. The molecule has 0 aliphatic rings. The largest absolute Gasteiger partial charge is 0.385 e. The molecule has 0 saturated carbocycles. The number of aliphatic hydroxyl groups is 1. The van der Waals surface area contributed by atoms with Gasteiger partial charge in [0.15, 0.2) is 0 Å². The van der Waals surface area contributed by atoms with E-state index in [4.69, 9.17) is 5.26 Å². The zero-order valence-electron chi connectivity index (χ0n) is 7.73. The first-order valence-electron chi connectivity index (χ1n) is 4.15. The van der Waals surface area contributed by atoms with Crippen LogP contribution in [-0.4, -0.2) is 10.1 Å². The number of rotatable bonds is 2. The Morgan fingerprint density at radius 1 is 1.54 bits per heavy atom. The molecule has 0 amide bonds. The molecule has 1 aromatic rings. The molecule has 68 valence electrons. The van der Waals surface area contributed by atoms with Crippen LogP contribution in [0.15, 0.2) is 18.3 Å². The van der Waals surface area contributed by atoms with Gasteiger partial charge in [0.05, 0.1) is 17.7 Å². The molecule has 0 aliphatic carbocycles. The van der Waals surface area contributed by atoms with Crippen molar-refractivity contribution >= 4 is 0 Å². The van der Waals surface area contributed by atoms with Crippen molar-refractivity contribution in [3.05, 3.63) is 29.6 Å². The third-order valence-corrected chi connectivity index (χ3v) is 1.91. The summed E-state index contributed by atoms with van der Waals surface area (Å²) in [6.07, 6.45) is 0.897. The summed E-state index contributed by atoms with van der Waals surface area (Å²) in [6, 6.07) is 5.60. The molecule has 0 fully saturated rings. The van der Waals surface area contributed by atoms with Gasteiger partial charge in [0.1, 0.15) is 6.10 Å². The molecule has 1 rings (SSSR count). The first-order chi connectivity index (χ1) is 6.15. The van der Waals surface area contributed by atoms with Gasteiger partial charge in [-0.15, -0.1) is 0 Å². The third kappa shape index (κ3) is 2.27. The van der Waals surface area contributed by atoms with Gasteiger partial charge in [0.2, 0.25) is 0 Å². The minimum absolute atomic E-state index is 0.421. The van der Waals surface area contributed by atoms with E-state index in [0.29, 0.717) is 5.69 Å². The highest BCUT2D eigenvalue weighted by atomic mass is 16.3. The van der Waals surface area contributed by atoms with Crippen molar-refractivity contribution in [2.75, 3.05) is 0 Å². The molecule has 3 nitrogen and oxygen atoms in total. The molecule has 0 aliphatic heterocycles. The molecule has 2 atom stereocenters. The Hall–Kier alpha value is -1.40. The van der Waals surface area contributed by atoms with Crippen molar-refractivity contribution in [2.24, 2.45) is 5.92 Å². The summed E-state index contributed by atoms with van der Waals surface area (Å²) in [5, 5.41) is 18.2. The van der Waals surface area contributed by atoms with Crippen LogP contribution in [-0.2, 0) is 0 Å². The second-order valence-electron chi connectivity index (χ2n) is 3.12. The maximum atomic E-state index is 9.59. The highest BCUT2D eigenvalue weighted by molar-refractivity contribution is 5.15. The summed E-state index contributed by atoms with van der Waals surface area (Å²) < 4.78 is 0. The summed E-state index contributed by atoms with van der Waals surface area (Å²) in [4.78, 5) is 4.05. The molecule has 0 saturated heterocycles. The zero-order valence-corrected chi connectivity index (χ0v) is 7.73. The molecule has 3 heteroatoms. The Morgan fingerprint density at radius 3 is 2.69 bits per heavy atom. The predicted molar refractivity (Wildman–Crippen MR) is 48.7 cm³/mol. The Labute approximate surface area is 77.7 Å². The molecule has 0 aromatic carbocycles. The highest BCUT2D eigenvalue weighted by Crippen LogP contribution is 2.18. The lowest BCUT2D eigenvalue weighted by Gasteiger charge is -2.11. The Bertz CT molecular complexity index is 313. The topological polar surface area (TPSA) is 56.9 Å². The van der Waals surface area contributed by atoms with Gasteiger partial charge in [-0.2, -0.15) is 5.26 Å². The maximum Gasteiger partial charge on any atom is 0.111 e. The van der Waals surface area contributed by atoms with Gasteiger partial charge in [-0.05, 0) is 25.5 Å². The standard InChI is InChI=1S/C10H12N2O/c1-7-3-4-9(12-6-7)10(13)8(2)5-11/h3-4,6,8,10,13H,1-2H3. The van der Waals surface area contributed by atoms with E-state index < -0.39 is 12.0 Å². The summed E-state index contributed by atoms with van der Waals surface area (Å²) in [6.45, 7) is 3.60. The average molecular weight is 176 g/mol. The van der Waals surface area contributed by atoms with Gasteiger partial charge in [-0.3, -0.25) is 4.98 Å². The molecular formula is C10H12N2O. The number of nitriles is 1. The fourth-order valence-electron chi connectivity index (χ4n) is 0.981. The Morgan fingerprint density at radius 2 is 2.23 bits per heavy atom. The van der Waals surface area contributed by atoms with Crippen molar-refractivity contribution < 1.29 is 5.11 Å². The van der Waals surface area contributed by atoms with E-state index >= 15 is 0 Å². The van der Waals surface area contributed by atoms with Crippen LogP contribution >= 0.6 is 0 Å². The van der Waals surface area contributed by atoms with E-state index in [-0.39, 0.29) is 0 Å². The molecule has 0 radical (unpaired) electrons. The molecule has 13 heavy (non-hydrogen) atoms. The monoisotopic (exact) mass is 176 g/mol. The number of hydrogen-bond acceptors (Lipinski definition) is 3. The second kappa shape index (κ2) is 4.01. The average Bonchev–Trinajstić information content (AvgIpc) is 2.17. The lowest BCUT2D eigenvalue weighted by molar-refractivity contribution is 0.138. The summed E-state index contributed by atoms with van der Waals surface area (Å²) in [5.41, 5.74) is 1.60. The quantitative estimate of drug-likeness (QED) is 0.744. The van der Waals surface area contributed by atoms with Gasteiger partial charge in [-0.1, -0.05) is 6.07 Å². The molecule has 0 bridgehead atoms. The molecular weight excluding hydrogens is 164 g/mol. The SMILES string of the molecule is Cc1ccc(C(O)C(C)C#N)nc1. The molecule has 2 unspecified atom stereocenters. The predicted octanol–water partition coefficient (Wildman–Crippen LogP) is 1.58. The smallest absolute Gasteiger partial charge is 0.111 e. The van der Waals surface area contributed by atoms with Gasteiger partial charge < -0.3 is 5.11 Å². The zero-order chi connectivity index (χ0) is 9.84. The molecule has 1 heterocycles. The number of pyridine rings is 1. The van der Waals surface area contributed by atoms with E-state index in [1.807, 2.05) is 19.1 Å². The van der Waals surface area contributed by atoms with Gasteiger partial charge in [-0.25, -0.2) is 0 Å². The first-order valence-corrected chi connectivity index (χ1v) is 4.15.